The van der Waals surface area contributed by atoms with E-state index in [0.29, 0.717) is 25.6 Å². The number of likely N-dealkylation sites (tertiary alicyclic amines) is 1. The minimum absolute atomic E-state index is 0.0766. The van der Waals surface area contributed by atoms with Crippen molar-refractivity contribution in [1.82, 2.24) is 9.80 Å². The highest BCUT2D eigenvalue weighted by Gasteiger charge is 2.33. The SMILES string of the molecule is CC1CN(CC2CCCN2CC(=O)N2CCc3cc(S(N)(=O)=O)ccc32)CC(C)O1. The average molecular weight is 437 g/mol. The first-order valence-corrected chi connectivity index (χ1v) is 12.3. The van der Waals surface area contributed by atoms with Crippen LogP contribution in [-0.4, -0.2) is 81.6 Å². The fraction of sp³-hybridized carbons (Fsp3) is 0.667. The van der Waals surface area contributed by atoms with Gasteiger partial charge in [0.25, 0.3) is 0 Å². The number of benzene rings is 1. The summed E-state index contributed by atoms with van der Waals surface area (Å²) in [7, 11) is -3.74. The lowest BCUT2D eigenvalue weighted by Crippen LogP contribution is -2.51. The number of primary sulfonamides is 1. The molecule has 0 spiro atoms. The predicted octanol–water partition coefficient (Wildman–Crippen LogP) is 0.797. The molecule has 2 saturated heterocycles. The van der Waals surface area contributed by atoms with Crippen LogP contribution in [0.1, 0.15) is 32.3 Å². The Bertz CT molecular complexity index is 896. The first kappa shape index (κ1) is 21.7. The fourth-order valence-corrected chi connectivity index (χ4v) is 5.68. The number of hydrogen-bond donors (Lipinski definition) is 1. The molecule has 3 atom stereocenters. The molecule has 4 rings (SSSR count). The summed E-state index contributed by atoms with van der Waals surface area (Å²) in [5, 5.41) is 5.24. The Morgan fingerprint density at radius 1 is 1.20 bits per heavy atom. The van der Waals surface area contributed by atoms with Gasteiger partial charge in [-0.2, -0.15) is 0 Å². The molecule has 1 aromatic rings. The van der Waals surface area contributed by atoms with Crippen LogP contribution in [0.3, 0.4) is 0 Å². The molecule has 30 heavy (non-hydrogen) atoms. The quantitative estimate of drug-likeness (QED) is 0.733. The van der Waals surface area contributed by atoms with Gasteiger partial charge in [-0.05, 0) is 63.4 Å². The third kappa shape index (κ3) is 4.70. The zero-order valence-corrected chi connectivity index (χ0v) is 18.6. The van der Waals surface area contributed by atoms with E-state index in [1.54, 1.807) is 17.0 Å². The van der Waals surface area contributed by atoms with Crippen molar-refractivity contribution >= 4 is 21.6 Å². The first-order valence-electron chi connectivity index (χ1n) is 10.8. The highest BCUT2D eigenvalue weighted by atomic mass is 32.2. The molecular formula is C21H32N4O4S. The minimum atomic E-state index is -3.74. The molecule has 3 aliphatic rings. The lowest BCUT2D eigenvalue weighted by atomic mass is 10.1. The summed E-state index contributed by atoms with van der Waals surface area (Å²) in [5.74, 6) is 0.0766. The van der Waals surface area contributed by atoms with Crippen LogP contribution >= 0.6 is 0 Å². The molecule has 166 valence electrons. The molecule has 0 aromatic heterocycles. The van der Waals surface area contributed by atoms with Crippen molar-refractivity contribution in [3.05, 3.63) is 23.8 Å². The molecule has 3 unspecified atom stereocenters. The summed E-state index contributed by atoms with van der Waals surface area (Å²) in [4.78, 5) is 19.8. The van der Waals surface area contributed by atoms with E-state index in [9.17, 15) is 13.2 Å². The Morgan fingerprint density at radius 3 is 2.63 bits per heavy atom. The van der Waals surface area contributed by atoms with Crippen molar-refractivity contribution in [1.29, 1.82) is 0 Å². The van der Waals surface area contributed by atoms with Gasteiger partial charge in [0.1, 0.15) is 0 Å². The molecule has 3 aliphatic heterocycles. The second-order valence-electron chi connectivity index (χ2n) is 8.87. The van der Waals surface area contributed by atoms with Gasteiger partial charge in [-0.15, -0.1) is 0 Å². The summed E-state index contributed by atoms with van der Waals surface area (Å²) < 4.78 is 29.0. The van der Waals surface area contributed by atoms with Crippen LogP contribution in [0.2, 0.25) is 0 Å². The van der Waals surface area contributed by atoms with Crippen molar-refractivity contribution < 1.29 is 17.9 Å². The van der Waals surface area contributed by atoms with Crippen molar-refractivity contribution in [3.63, 3.8) is 0 Å². The van der Waals surface area contributed by atoms with Crippen LogP contribution in [0.15, 0.2) is 23.1 Å². The summed E-state index contributed by atoms with van der Waals surface area (Å²) in [6.07, 6.45) is 3.36. The molecule has 9 heteroatoms. The number of morpholine rings is 1. The number of carbonyl (C=O) groups excluding carboxylic acids is 1. The van der Waals surface area contributed by atoms with Crippen molar-refractivity contribution in [2.24, 2.45) is 5.14 Å². The Hall–Kier alpha value is -1.52. The third-order valence-corrected chi connectivity index (χ3v) is 7.29. The van der Waals surface area contributed by atoms with Gasteiger partial charge in [0.05, 0.1) is 23.6 Å². The number of nitrogens with two attached hydrogens (primary N) is 1. The molecule has 8 nitrogen and oxygen atoms in total. The fourth-order valence-electron chi connectivity index (χ4n) is 5.11. The number of amides is 1. The Labute approximate surface area is 179 Å². The van der Waals surface area contributed by atoms with Gasteiger partial charge in [0.2, 0.25) is 15.9 Å². The van der Waals surface area contributed by atoms with Crippen LogP contribution in [0.4, 0.5) is 5.69 Å². The Balaban J connectivity index is 1.39. The molecular weight excluding hydrogens is 404 g/mol. The molecule has 1 aromatic carbocycles. The van der Waals surface area contributed by atoms with E-state index in [0.717, 1.165) is 50.3 Å². The van der Waals surface area contributed by atoms with Crippen molar-refractivity contribution in [3.8, 4) is 0 Å². The third-order valence-electron chi connectivity index (χ3n) is 6.38. The first-order chi connectivity index (χ1) is 14.2. The van der Waals surface area contributed by atoms with Crippen LogP contribution in [0, 0.1) is 0 Å². The van der Waals surface area contributed by atoms with Crippen LogP contribution in [0.25, 0.3) is 0 Å². The van der Waals surface area contributed by atoms with E-state index < -0.39 is 10.0 Å². The lowest BCUT2D eigenvalue weighted by molar-refractivity contribution is -0.120. The molecule has 0 radical (unpaired) electrons. The summed E-state index contributed by atoms with van der Waals surface area (Å²) >= 11 is 0. The van der Waals surface area contributed by atoms with E-state index in [4.69, 9.17) is 9.88 Å². The monoisotopic (exact) mass is 436 g/mol. The van der Waals surface area contributed by atoms with Crippen molar-refractivity contribution in [2.45, 2.75) is 56.3 Å². The number of fused-ring (bicyclic) bond motifs is 1. The predicted molar refractivity (Wildman–Crippen MR) is 115 cm³/mol. The normalized spacial score (nSPS) is 28.1. The maximum absolute atomic E-state index is 13.1. The molecule has 2 N–H and O–H groups in total. The van der Waals surface area contributed by atoms with Crippen LogP contribution in [0.5, 0.6) is 0 Å². The molecule has 0 aliphatic carbocycles. The van der Waals surface area contributed by atoms with Gasteiger partial charge in [0.15, 0.2) is 0 Å². The van der Waals surface area contributed by atoms with Crippen LogP contribution in [-0.2, 0) is 26.0 Å². The standard InChI is InChI=1S/C21H32N4O4S/c1-15-11-23(12-16(2)29-15)13-18-4-3-8-24(18)14-21(26)25-9-7-17-10-19(30(22,27)28)5-6-20(17)25/h5-6,10,15-16,18H,3-4,7-9,11-14H2,1-2H3,(H2,22,27,28). The van der Waals surface area contributed by atoms with E-state index in [2.05, 4.69) is 23.6 Å². The molecule has 3 heterocycles. The number of sulfonamides is 1. The number of anilines is 1. The van der Waals surface area contributed by atoms with Gasteiger partial charge in [0, 0.05) is 37.9 Å². The number of carbonyl (C=O) groups is 1. The average Bonchev–Trinajstić information content (AvgIpc) is 3.26. The van der Waals surface area contributed by atoms with Crippen molar-refractivity contribution in [2.75, 3.05) is 44.2 Å². The van der Waals surface area contributed by atoms with Gasteiger partial charge in [-0.1, -0.05) is 0 Å². The number of hydrogen-bond acceptors (Lipinski definition) is 6. The maximum atomic E-state index is 13.1. The molecule has 2 fully saturated rings. The molecule has 0 bridgehead atoms. The van der Waals surface area contributed by atoms with Gasteiger partial charge >= 0.3 is 0 Å². The van der Waals surface area contributed by atoms with Gasteiger partial charge in [-0.3, -0.25) is 14.6 Å². The van der Waals surface area contributed by atoms with Gasteiger partial charge in [-0.25, -0.2) is 13.6 Å². The summed E-state index contributed by atoms with van der Waals surface area (Å²) in [5.41, 5.74) is 1.67. The lowest BCUT2D eigenvalue weighted by Gasteiger charge is -2.38. The van der Waals surface area contributed by atoms with E-state index in [-0.39, 0.29) is 23.0 Å². The maximum Gasteiger partial charge on any atom is 0.241 e. The van der Waals surface area contributed by atoms with Gasteiger partial charge < -0.3 is 9.64 Å². The second-order valence-corrected chi connectivity index (χ2v) is 10.4. The largest absolute Gasteiger partial charge is 0.373 e. The second kappa shape index (κ2) is 8.55. The Morgan fingerprint density at radius 2 is 1.93 bits per heavy atom. The van der Waals surface area contributed by atoms with E-state index in [1.807, 2.05) is 0 Å². The topological polar surface area (TPSA) is 96.2 Å². The number of rotatable bonds is 5. The summed E-state index contributed by atoms with van der Waals surface area (Å²) in [6, 6.07) is 5.17. The number of nitrogens with zero attached hydrogens (tertiary/aromatic N) is 3. The minimum Gasteiger partial charge on any atom is -0.373 e. The highest BCUT2D eigenvalue weighted by molar-refractivity contribution is 7.89. The smallest absolute Gasteiger partial charge is 0.241 e. The molecule has 0 saturated carbocycles. The molecule has 1 amide bonds. The summed E-state index contributed by atoms with van der Waals surface area (Å²) in [6.45, 7) is 9.00. The number of ether oxygens (including phenoxy) is 1. The zero-order valence-electron chi connectivity index (χ0n) is 17.8. The zero-order chi connectivity index (χ0) is 21.5. The highest BCUT2D eigenvalue weighted by Crippen LogP contribution is 2.30. The Kier molecular flexibility index (Phi) is 6.18. The van der Waals surface area contributed by atoms with E-state index in [1.165, 1.54) is 6.07 Å². The van der Waals surface area contributed by atoms with Crippen LogP contribution < -0.4 is 10.0 Å². The van der Waals surface area contributed by atoms with E-state index >= 15 is 0 Å².